The second-order valence-corrected chi connectivity index (χ2v) is 8.66. The average Bonchev–Trinajstić information content (AvgIpc) is 2.64. The average molecular weight is 382 g/mol. The van der Waals surface area contributed by atoms with E-state index in [4.69, 9.17) is 4.74 Å². The van der Waals surface area contributed by atoms with Gasteiger partial charge in [0.15, 0.2) is 5.78 Å². The van der Waals surface area contributed by atoms with Crippen LogP contribution in [0.15, 0.2) is 46.8 Å². The smallest absolute Gasteiger partial charge is 0.336 e. The molecule has 4 nitrogen and oxygen atoms in total. The van der Waals surface area contributed by atoms with E-state index in [-0.39, 0.29) is 23.1 Å². The fourth-order valence-corrected chi connectivity index (χ4v) is 4.26. The van der Waals surface area contributed by atoms with Crippen molar-refractivity contribution < 1.29 is 14.3 Å². The Morgan fingerprint density at radius 1 is 1.18 bits per heavy atom. The van der Waals surface area contributed by atoms with Gasteiger partial charge in [-0.3, -0.25) is 4.79 Å². The van der Waals surface area contributed by atoms with Gasteiger partial charge >= 0.3 is 5.97 Å². The molecule has 0 spiro atoms. The number of hydrogen-bond donors (Lipinski definition) is 1. The Morgan fingerprint density at radius 2 is 1.86 bits per heavy atom. The zero-order valence-corrected chi connectivity index (χ0v) is 17.6. The minimum absolute atomic E-state index is 0.0833. The number of benzene rings is 1. The Bertz CT molecular complexity index is 843. The summed E-state index contributed by atoms with van der Waals surface area (Å²) in [6.07, 6.45) is 3.01. The van der Waals surface area contributed by atoms with Crippen molar-refractivity contribution in [2.45, 2.75) is 66.2 Å². The SMILES string of the molecule is CCCOC(=O)C1=C(C)NC2=C(C(=O)CC(C)(C)C2)C1c1ccc(CC)cc1. The molecule has 0 bridgehead atoms. The maximum atomic E-state index is 13.2. The van der Waals surface area contributed by atoms with E-state index in [0.717, 1.165) is 41.8 Å². The first kappa shape index (κ1) is 20.4. The molecule has 1 unspecified atom stereocenters. The minimum Gasteiger partial charge on any atom is -0.462 e. The number of carbonyl (C=O) groups excluding carboxylic acids is 2. The Balaban J connectivity index is 2.11. The summed E-state index contributed by atoms with van der Waals surface area (Å²) in [7, 11) is 0. The molecule has 1 aromatic carbocycles. The molecule has 0 fully saturated rings. The highest BCUT2D eigenvalue weighted by molar-refractivity contribution is 6.04. The van der Waals surface area contributed by atoms with Crippen LogP contribution in [0.3, 0.4) is 0 Å². The lowest BCUT2D eigenvalue weighted by molar-refractivity contribution is -0.139. The first-order valence-electron chi connectivity index (χ1n) is 10.3. The number of ether oxygens (including phenoxy) is 1. The van der Waals surface area contributed by atoms with E-state index in [0.29, 0.717) is 18.6 Å². The molecule has 1 heterocycles. The second kappa shape index (κ2) is 7.94. The third-order valence-electron chi connectivity index (χ3n) is 5.62. The van der Waals surface area contributed by atoms with Gasteiger partial charge in [0.25, 0.3) is 0 Å². The molecular weight excluding hydrogens is 350 g/mol. The third-order valence-corrected chi connectivity index (χ3v) is 5.62. The standard InChI is InChI=1S/C24H31NO3/c1-6-12-28-23(27)20-15(3)25-18-13-24(4,5)14-19(26)22(18)21(20)17-10-8-16(7-2)9-11-17/h8-11,21,25H,6-7,12-14H2,1-5H3. The van der Waals surface area contributed by atoms with Gasteiger partial charge in [-0.25, -0.2) is 4.79 Å². The van der Waals surface area contributed by atoms with Gasteiger partial charge in [0, 0.05) is 29.3 Å². The highest BCUT2D eigenvalue weighted by Gasteiger charge is 2.43. The molecule has 1 aliphatic carbocycles. The van der Waals surface area contributed by atoms with Crippen molar-refractivity contribution in [1.82, 2.24) is 5.32 Å². The number of allylic oxidation sites excluding steroid dienone is 3. The molecule has 4 heteroatoms. The Morgan fingerprint density at radius 3 is 2.46 bits per heavy atom. The number of ketones is 1. The Labute approximate surface area is 168 Å². The lowest BCUT2D eigenvalue weighted by Crippen LogP contribution is -2.38. The van der Waals surface area contributed by atoms with Gasteiger partial charge in [0.1, 0.15) is 0 Å². The number of hydrogen-bond acceptors (Lipinski definition) is 4. The van der Waals surface area contributed by atoms with Crippen LogP contribution in [-0.2, 0) is 20.7 Å². The van der Waals surface area contributed by atoms with Crippen LogP contribution in [0.4, 0.5) is 0 Å². The summed E-state index contributed by atoms with van der Waals surface area (Å²) < 4.78 is 5.48. The number of aryl methyl sites for hydroxylation is 1. The molecule has 0 saturated carbocycles. The van der Waals surface area contributed by atoms with Gasteiger partial charge in [-0.2, -0.15) is 0 Å². The van der Waals surface area contributed by atoms with Crippen LogP contribution < -0.4 is 5.32 Å². The van der Waals surface area contributed by atoms with E-state index in [9.17, 15) is 9.59 Å². The van der Waals surface area contributed by atoms with Crippen molar-refractivity contribution in [2.75, 3.05) is 6.61 Å². The van der Waals surface area contributed by atoms with Crippen molar-refractivity contribution in [1.29, 1.82) is 0 Å². The Kier molecular flexibility index (Phi) is 5.78. The van der Waals surface area contributed by atoms with Crippen LogP contribution in [0.2, 0.25) is 0 Å². The monoisotopic (exact) mass is 381 g/mol. The van der Waals surface area contributed by atoms with Crippen molar-refractivity contribution in [3.05, 3.63) is 57.9 Å². The fraction of sp³-hybridized carbons (Fsp3) is 0.500. The number of carbonyl (C=O) groups is 2. The van der Waals surface area contributed by atoms with Crippen LogP contribution in [0.25, 0.3) is 0 Å². The van der Waals surface area contributed by atoms with Crippen molar-refractivity contribution >= 4 is 11.8 Å². The van der Waals surface area contributed by atoms with E-state index in [1.165, 1.54) is 5.56 Å². The van der Waals surface area contributed by atoms with Gasteiger partial charge in [0.2, 0.25) is 0 Å². The molecule has 150 valence electrons. The molecule has 1 atom stereocenters. The second-order valence-electron chi connectivity index (χ2n) is 8.66. The molecule has 0 amide bonds. The lowest BCUT2D eigenvalue weighted by atomic mass is 9.68. The quantitative estimate of drug-likeness (QED) is 0.744. The molecule has 1 aliphatic heterocycles. The molecule has 2 aliphatic rings. The topological polar surface area (TPSA) is 55.4 Å². The molecule has 1 aromatic rings. The first-order valence-corrected chi connectivity index (χ1v) is 10.3. The van der Waals surface area contributed by atoms with Crippen molar-refractivity contribution in [3.8, 4) is 0 Å². The predicted molar refractivity (Wildman–Crippen MR) is 111 cm³/mol. The number of rotatable bonds is 5. The van der Waals surface area contributed by atoms with Crippen LogP contribution in [-0.4, -0.2) is 18.4 Å². The third kappa shape index (κ3) is 3.91. The molecule has 1 N–H and O–H groups in total. The summed E-state index contributed by atoms with van der Waals surface area (Å²) in [4.78, 5) is 26.1. The fourth-order valence-electron chi connectivity index (χ4n) is 4.26. The zero-order chi connectivity index (χ0) is 20.5. The summed E-state index contributed by atoms with van der Waals surface area (Å²) in [5, 5.41) is 3.37. The summed E-state index contributed by atoms with van der Waals surface area (Å²) >= 11 is 0. The van der Waals surface area contributed by atoms with Crippen LogP contribution >= 0.6 is 0 Å². The highest BCUT2D eigenvalue weighted by Crippen LogP contribution is 2.46. The van der Waals surface area contributed by atoms with E-state index >= 15 is 0 Å². The van der Waals surface area contributed by atoms with Crippen molar-refractivity contribution in [3.63, 3.8) is 0 Å². The maximum Gasteiger partial charge on any atom is 0.336 e. The van der Waals surface area contributed by atoms with Gasteiger partial charge in [-0.15, -0.1) is 0 Å². The maximum absolute atomic E-state index is 13.2. The number of esters is 1. The van der Waals surface area contributed by atoms with E-state index in [1.807, 2.05) is 26.0 Å². The van der Waals surface area contributed by atoms with Crippen LogP contribution in [0.1, 0.15) is 70.9 Å². The normalized spacial score (nSPS) is 21.3. The van der Waals surface area contributed by atoms with Gasteiger partial charge < -0.3 is 10.1 Å². The van der Waals surface area contributed by atoms with Gasteiger partial charge in [-0.1, -0.05) is 52.0 Å². The summed E-state index contributed by atoms with van der Waals surface area (Å²) in [5.74, 6) is -0.577. The molecular formula is C24H31NO3. The predicted octanol–water partition coefficient (Wildman–Crippen LogP) is 4.81. The lowest BCUT2D eigenvalue weighted by Gasteiger charge is -2.39. The van der Waals surface area contributed by atoms with Crippen molar-refractivity contribution in [2.24, 2.45) is 5.41 Å². The zero-order valence-electron chi connectivity index (χ0n) is 17.6. The molecule has 0 saturated heterocycles. The number of dihydropyridines is 1. The largest absolute Gasteiger partial charge is 0.462 e. The van der Waals surface area contributed by atoms with E-state index < -0.39 is 0 Å². The van der Waals surface area contributed by atoms with E-state index in [1.54, 1.807) is 0 Å². The van der Waals surface area contributed by atoms with Gasteiger partial charge in [-0.05, 0) is 42.7 Å². The summed E-state index contributed by atoms with van der Waals surface area (Å²) in [6.45, 7) is 10.6. The molecule has 3 rings (SSSR count). The molecule has 0 radical (unpaired) electrons. The number of nitrogens with one attached hydrogen (secondary N) is 1. The molecule has 28 heavy (non-hydrogen) atoms. The molecule has 0 aromatic heterocycles. The number of Topliss-reactive ketones (excluding diaryl/α,β-unsaturated/α-hetero) is 1. The Hall–Kier alpha value is -2.36. The van der Waals surface area contributed by atoms with Crippen LogP contribution in [0, 0.1) is 5.41 Å². The van der Waals surface area contributed by atoms with Crippen LogP contribution in [0.5, 0.6) is 0 Å². The van der Waals surface area contributed by atoms with E-state index in [2.05, 4.69) is 38.2 Å². The first-order chi connectivity index (χ1) is 13.3. The summed E-state index contributed by atoms with van der Waals surface area (Å²) in [6, 6.07) is 8.26. The highest BCUT2D eigenvalue weighted by atomic mass is 16.5. The van der Waals surface area contributed by atoms with Gasteiger partial charge in [0.05, 0.1) is 12.2 Å². The minimum atomic E-state index is -0.366. The summed E-state index contributed by atoms with van der Waals surface area (Å²) in [5.41, 5.74) is 5.16.